The van der Waals surface area contributed by atoms with Gasteiger partial charge in [-0.05, 0) is 35.9 Å². The molecule has 158 valence electrons. The van der Waals surface area contributed by atoms with Crippen molar-refractivity contribution in [3.63, 3.8) is 0 Å². The number of rotatable bonds is 8. The van der Waals surface area contributed by atoms with E-state index in [-0.39, 0.29) is 23.4 Å². The second-order valence-electron chi connectivity index (χ2n) is 6.01. The van der Waals surface area contributed by atoms with Crippen molar-refractivity contribution in [3.8, 4) is 0 Å². The summed E-state index contributed by atoms with van der Waals surface area (Å²) in [6.45, 7) is -0.648. The fourth-order valence-electron chi connectivity index (χ4n) is 2.45. The molecule has 6 nitrogen and oxygen atoms in total. The number of nitrogens with one attached hydrogen (secondary N) is 2. The van der Waals surface area contributed by atoms with Gasteiger partial charge in [-0.2, -0.15) is 13.2 Å². The van der Waals surface area contributed by atoms with Gasteiger partial charge in [0.2, 0.25) is 15.9 Å². The molecule has 0 bridgehead atoms. The number of hydrogen-bond donors (Lipinski definition) is 3. The molecule has 2 rings (SSSR count). The topological polar surface area (TPSA) is 95.5 Å². The smallest absolute Gasteiger partial charge is 0.387 e. The maximum atomic E-state index is 13.0. The van der Waals surface area contributed by atoms with E-state index >= 15 is 0 Å². The Labute approximate surface area is 174 Å². The molecule has 1 unspecified atom stereocenters. The zero-order valence-corrected chi connectivity index (χ0v) is 17.3. The molecule has 0 fully saturated rings. The van der Waals surface area contributed by atoms with Crippen molar-refractivity contribution in [2.45, 2.75) is 23.6 Å². The summed E-state index contributed by atoms with van der Waals surface area (Å²) in [4.78, 5) is 11.9. The van der Waals surface area contributed by atoms with Crippen LogP contribution in [0, 0.1) is 0 Å². The predicted octanol–water partition coefficient (Wildman–Crippen LogP) is 2.99. The predicted molar refractivity (Wildman–Crippen MR) is 103 cm³/mol. The Bertz CT molecular complexity index is 950. The minimum atomic E-state index is -4.63. The van der Waals surface area contributed by atoms with Gasteiger partial charge in [-0.15, -0.1) is 0 Å². The van der Waals surface area contributed by atoms with Crippen LogP contribution in [0.4, 0.5) is 13.2 Å². The highest BCUT2D eigenvalue weighted by Gasteiger charge is 2.34. The summed E-state index contributed by atoms with van der Waals surface area (Å²) in [5.74, 6) is -0.618. The number of carbonyl (C=O) groups excluding carboxylic acids is 1. The van der Waals surface area contributed by atoms with Crippen LogP contribution in [0.5, 0.6) is 0 Å². The van der Waals surface area contributed by atoms with E-state index in [1.165, 1.54) is 24.3 Å². The number of benzene rings is 2. The first-order chi connectivity index (χ1) is 13.5. The fraction of sp³-hybridized carbons (Fsp3) is 0.278. The van der Waals surface area contributed by atoms with Gasteiger partial charge in [0, 0.05) is 24.0 Å². The van der Waals surface area contributed by atoms with Crippen LogP contribution in [0.2, 0.25) is 0 Å². The van der Waals surface area contributed by atoms with Gasteiger partial charge in [0.15, 0.2) is 0 Å². The maximum absolute atomic E-state index is 13.0. The van der Waals surface area contributed by atoms with E-state index in [1.807, 2.05) is 0 Å². The van der Waals surface area contributed by atoms with Crippen LogP contribution < -0.4 is 10.0 Å². The van der Waals surface area contributed by atoms with Gasteiger partial charge in [0.25, 0.3) is 0 Å². The Hall–Kier alpha value is -1.95. The zero-order chi connectivity index (χ0) is 21.7. The SMILES string of the molecule is O=C(CCNS(=O)(=O)c1ccc(Br)cc1)NCC(O)c1ccccc1C(F)(F)F. The van der Waals surface area contributed by atoms with Crippen molar-refractivity contribution in [1.29, 1.82) is 0 Å². The van der Waals surface area contributed by atoms with Crippen LogP contribution >= 0.6 is 15.9 Å². The van der Waals surface area contributed by atoms with Gasteiger partial charge in [0.05, 0.1) is 16.6 Å². The van der Waals surface area contributed by atoms with Gasteiger partial charge in [-0.1, -0.05) is 34.1 Å². The van der Waals surface area contributed by atoms with E-state index in [1.54, 1.807) is 12.1 Å². The third-order valence-corrected chi connectivity index (χ3v) is 5.89. The van der Waals surface area contributed by atoms with Gasteiger partial charge < -0.3 is 10.4 Å². The van der Waals surface area contributed by atoms with Gasteiger partial charge >= 0.3 is 6.18 Å². The fourth-order valence-corrected chi connectivity index (χ4v) is 3.75. The van der Waals surface area contributed by atoms with Crippen molar-refractivity contribution in [3.05, 3.63) is 64.1 Å². The largest absolute Gasteiger partial charge is 0.416 e. The maximum Gasteiger partial charge on any atom is 0.416 e. The summed E-state index contributed by atoms with van der Waals surface area (Å²) in [7, 11) is -3.79. The average molecular weight is 495 g/mol. The third kappa shape index (κ3) is 6.81. The lowest BCUT2D eigenvalue weighted by Crippen LogP contribution is -2.33. The molecule has 1 amide bonds. The molecule has 11 heteroatoms. The van der Waals surface area contributed by atoms with E-state index in [9.17, 15) is 31.5 Å². The molecule has 0 aliphatic carbocycles. The third-order valence-electron chi connectivity index (χ3n) is 3.89. The van der Waals surface area contributed by atoms with Crippen molar-refractivity contribution in [2.75, 3.05) is 13.1 Å². The van der Waals surface area contributed by atoms with Crippen LogP contribution in [0.25, 0.3) is 0 Å². The molecule has 0 saturated carbocycles. The average Bonchev–Trinajstić information content (AvgIpc) is 2.65. The lowest BCUT2D eigenvalue weighted by Gasteiger charge is -2.18. The molecule has 0 heterocycles. The van der Waals surface area contributed by atoms with Crippen LogP contribution in [-0.2, 0) is 21.0 Å². The summed E-state index contributed by atoms with van der Waals surface area (Å²) in [6.07, 6.45) is -6.44. The van der Waals surface area contributed by atoms with E-state index in [0.29, 0.717) is 4.47 Å². The summed E-state index contributed by atoms with van der Waals surface area (Å²) >= 11 is 3.19. The number of sulfonamides is 1. The summed E-state index contributed by atoms with van der Waals surface area (Å²) in [5, 5.41) is 12.3. The van der Waals surface area contributed by atoms with Crippen LogP contribution in [-0.4, -0.2) is 32.5 Å². The van der Waals surface area contributed by atoms with Crippen molar-refractivity contribution in [2.24, 2.45) is 0 Å². The summed E-state index contributed by atoms with van der Waals surface area (Å²) in [6, 6.07) is 10.4. The normalized spacial score (nSPS) is 13.1. The Balaban J connectivity index is 1.85. The first-order valence-electron chi connectivity index (χ1n) is 8.37. The molecular formula is C18H18BrF3N2O4S. The number of hydrogen-bond acceptors (Lipinski definition) is 4. The number of alkyl halides is 3. The Morgan fingerprint density at radius 2 is 1.72 bits per heavy atom. The summed E-state index contributed by atoms with van der Waals surface area (Å²) in [5.41, 5.74) is -1.33. The molecule has 3 N–H and O–H groups in total. The van der Waals surface area contributed by atoms with E-state index in [4.69, 9.17) is 0 Å². The number of amides is 1. The second kappa shape index (κ2) is 9.70. The molecule has 0 saturated heterocycles. The molecule has 0 radical (unpaired) electrons. The van der Waals surface area contributed by atoms with Crippen LogP contribution in [0.15, 0.2) is 57.9 Å². The molecule has 0 aliphatic heterocycles. The van der Waals surface area contributed by atoms with E-state index in [0.717, 1.165) is 12.1 Å². The van der Waals surface area contributed by atoms with Gasteiger partial charge in [0.1, 0.15) is 0 Å². The number of aliphatic hydroxyl groups excluding tert-OH is 1. The van der Waals surface area contributed by atoms with Gasteiger partial charge in [-0.25, -0.2) is 13.1 Å². The van der Waals surface area contributed by atoms with Crippen molar-refractivity contribution in [1.82, 2.24) is 10.0 Å². The van der Waals surface area contributed by atoms with E-state index < -0.39 is 40.3 Å². The number of halogens is 4. The second-order valence-corrected chi connectivity index (χ2v) is 8.69. The van der Waals surface area contributed by atoms with Crippen molar-refractivity contribution >= 4 is 31.9 Å². The molecule has 0 aliphatic rings. The highest BCUT2D eigenvalue weighted by atomic mass is 79.9. The molecular weight excluding hydrogens is 477 g/mol. The standard InChI is InChI=1S/C18H18BrF3N2O4S/c19-12-5-7-13(8-6-12)29(27,28)24-10-9-17(26)23-11-16(25)14-3-1-2-4-15(14)18(20,21)22/h1-8,16,24-25H,9-11H2,(H,23,26). The first-order valence-corrected chi connectivity index (χ1v) is 10.6. The van der Waals surface area contributed by atoms with E-state index in [2.05, 4.69) is 26.0 Å². The highest BCUT2D eigenvalue weighted by Crippen LogP contribution is 2.34. The quantitative estimate of drug-likeness (QED) is 0.525. The zero-order valence-electron chi connectivity index (χ0n) is 14.9. The molecule has 0 aromatic heterocycles. The molecule has 1 atom stereocenters. The molecule has 2 aromatic rings. The molecule has 29 heavy (non-hydrogen) atoms. The Morgan fingerprint density at radius 1 is 1.10 bits per heavy atom. The molecule has 0 spiro atoms. The van der Waals surface area contributed by atoms with Crippen LogP contribution in [0.3, 0.4) is 0 Å². The van der Waals surface area contributed by atoms with Crippen LogP contribution in [0.1, 0.15) is 23.7 Å². The van der Waals surface area contributed by atoms with Crippen molar-refractivity contribution < 1.29 is 31.5 Å². The lowest BCUT2D eigenvalue weighted by molar-refractivity contribution is -0.139. The first kappa shape index (κ1) is 23.3. The summed E-state index contributed by atoms with van der Waals surface area (Å²) < 4.78 is 66.1. The number of aliphatic hydroxyl groups is 1. The molecule has 2 aromatic carbocycles. The highest BCUT2D eigenvalue weighted by molar-refractivity contribution is 9.10. The minimum absolute atomic E-state index is 0.0280. The Morgan fingerprint density at radius 3 is 2.34 bits per heavy atom. The minimum Gasteiger partial charge on any atom is -0.387 e. The van der Waals surface area contributed by atoms with Gasteiger partial charge in [-0.3, -0.25) is 4.79 Å². The lowest BCUT2D eigenvalue weighted by atomic mass is 10.0. The Kier molecular flexibility index (Phi) is 7.80. The monoisotopic (exact) mass is 494 g/mol. The number of carbonyl (C=O) groups is 1.